The van der Waals surface area contributed by atoms with Crippen LogP contribution in [0.2, 0.25) is 0 Å². The summed E-state index contributed by atoms with van der Waals surface area (Å²) in [6, 6.07) is 4.69. The summed E-state index contributed by atoms with van der Waals surface area (Å²) in [5.74, 6) is 0.829. The molecule has 0 aliphatic carbocycles. The van der Waals surface area contributed by atoms with E-state index in [-0.39, 0.29) is 11.7 Å². The van der Waals surface area contributed by atoms with Gasteiger partial charge in [0.25, 0.3) is 5.91 Å². The first-order valence-electron chi connectivity index (χ1n) is 5.98. The maximum Gasteiger partial charge on any atom is 0.251 e. The third-order valence-corrected chi connectivity index (χ3v) is 2.89. The monoisotopic (exact) mass is 260 g/mol. The summed E-state index contributed by atoms with van der Waals surface area (Å²) in [5.41, 5.74) is 1.31. The minimum atomic E-state index is -0.153. The smallest absolute Gasteiger partial charge is 0.251 e. The molecule has 1 heterocycles. The molecule has 0 saturated carbocycles. The van der Waals surface area contributed by atoms with Gasteiger partial charge in [-0.1, -0.05) is 0 Å². The van der Waals surface area contributed by atoms with Crippen molar-refractivity contribution in [2.24, 2.45) is 7.05 Å². The molecule has 6 heteroatoms. The predicted octanol–water partition coefficient (Wildman–Crippen LogP) is 0.802. The largest absolute Gasteiger partial charge is 0.508 e. The Morgan fingerprint density at radius 3 is 2.89 bits per heavy atom. The number of phenols is 1. The molecule has 2 N–H and O–H groups in total. The van der Waals surface area contributed by atoms with Crippen LogP contribution in [-0.4, -0.2) is 32.3 Å². The Hall–Kier alpha value is -2.37. The summed E-state index contributed by atoms with van der Waals surface area (Å²) in [4.78, 5) is 12.0. The van der Waals surface area contributed by atoms with Crippen LogP contribution < -0.4 is 5.32 Å². The van der Waals surface area contributed by atoms with Crippen LogP contribution in [0.1, 0.15) is 21.7 Å². The van der Waals surface area contributed by atoms with Crippen molar-refractivity contribution in [1.29, 1.82) is 0 Å². The quantitative estimate of drug-likeness (QED) is 0.852. The fourth-order valence-corrected chi connectivity index (χ4v) is 1.82. The molecular formula is C13H16N4O2. The average Bonchev–Trinajstić information content (AvgIpc) is 2.75. The number of aromatic hydroxyl groups is 1. The first kappa shape index (κ1) is 13.1. The second-order valence-electron chi connectivity index (χ2n) is 4.36. The van der Waals surface area contributed by atoms with Crippen molar-refractivity contribution in [1.82, 2.24) is 20.1 Å². The molecule has 19 heavy (non-hydrogen) atoms. The Balaban J connectivity index is 1.93. The number of rotatable bonds is 4. The normalized spacial score (nSPS) is 10.4. The molecule has 0 aliphatic heterocycles. The van der Waals surface area contributed by atoms with Crippen molar-refractivity contribution in [3.05, 3.63) is 41.5 Å². The first-order chi connectivity index (χ1) is 9.08. The fourth-order valence-electron chi connectivity index (χ4n) is 1.82. The molecule has 1 aromatic carbocycles. The zero-order valence-corrected chi connectivity index (χ0v) is 10.9. The van der Waals surface area contributed by atoms with E-state index >= 15 is 0 Å². The summed E-state index contributed by atoms with van der Waals surface area (Å²) < 4.78 is 1.82. The minimum absolute atomic E-state index is 0.153. The van der Waals surface area contributed by atoms with E-state index in [0.29, 0.717) is 18.5 Å². The number of amides is 1. The molecule has 0 saturated heterocycles. The maximum atomic E-state index is 12.0. The summed E-state index contributed by atoms with van der Waals surface area (Å²) in [6.45, 7) is 2.28. The minimum Gasteiger partial charge on any atom is -0.508 e. The lowest BCUT2D eigenvalue weighted by Gasteiger charge is -2.07. The van der Waals surface area contributed by atoms with Crippen LogP contribution in [0.25, 0.3) is 0 Å². The number of hydrogen-bond donors (Lipinski definition) is 2. The van der Waals surface area contributed by atoms with Crippen molar-refractivity contribution in [3.63, 3.8) is 0 Å². The number of nitrogens with one attached hydrogen (secondary N) is 1. The van der Waals surface area contributed by atoms with Gasteiger partial charge in [0.2, 0.25) is 0 Å². The van der Waals surface area contributed by atoms with Gasteiger partial charge in [0.1, 0.15) is 17.9 Å². The number of aromatic nitrogens is 3. The zero-order chi connectivity index (χ0) is 13.8. The molecule has 6 nitrogen and oxygen atoms in total. The predicted molar refractivity (Wildman–Crippen MR) is 69.9 cm³/mol. The van der Waals surface area contributed by atoms with E-state index in [1.165, 1.54) is 6.07 Å². The number of carbonyl (C=O) groups excluding carboxylic acids is 1. The van der Waals surface area contributed by atoms with Gasteiger partial charge in [-0.25, -0.2) is 0 Å². The third kappa shape index (κ3) is 3.09. The van der Waals surface area contributed by atoms with Gasteiger partial charge in [0.05, 0.1) is 0 Å². The van der Waals surface area contributed by atoms with Crippen molar-refractivity contribution in [3.8, 4) is 5.75 Å². The van der Waals surface area contributed by atoms with E-state index in [9.17, 15) is 9.90 Å². The van der Waals surface area contributed by atoms with Gasteiger partial charge in [0, 0.05) is 25.6 Å². The number of benzene rings is 1. The molecule has 1 aromatic heterocycles. The van der Waals surface area contributed by atoms with Crippen LogP contribution >= 0.6 is 0 Å². The topological polar surface area (TPSA) is 80.0 Å². The highest BCUT2D eigenvalue weighted by Gasteiger charge is 2.09. The number of aryl methyl sites for hydroxylation is 2. The molecule has 2 aromatic rings. The van der Waals surface area contributed by atoms with Gasteiger partial charge in [-0.05, 0) is 30.7 Å². The highest BCUT2D eigenvalue weighted by Crippen LogP contribution is 2.15. The Morgan fingerprint density at radius 2 is 2.26 bits per heavy atom. The second kappa shape index (κ2) is 5.51. The van der Waals surface area contributed by atoms with Gasteiger partial charge in [-0.3, -0.25) is 4.79 Å². The molecule has 0 atom stereocenters. The van der Waals surface area contributed by atoms with Crippen molar-refractivity contribution in [2.45, 2.75) is 13.3 Å². The summed E-state index contributed by atoms with van der Waals surface area (Å²) in [7, 11) is 1.86. The molecule has 2 rings (SSSR count). The van der Waals surface area contributed by atoms with Crippen LogP contribution in [0, 0.1) is 6.92 Å². The molecule has 1 amide bonds. The number of hydrogen-bond acceptors (Lipinski definition) is 4. The van der Waals surface area contributed by atoms with E-state index in [4.69, 9.17) is 0 Å². The van der Waals surface area contributed by atoms with E-state index < -0.39 is 0 Å². The van der Waals surface area contributed by atoms with Crippen LogP contribution in [0.15, 0.2) is 24.5 Å². The van der Waals surface area contributed by atoms with Crippen LogP contribution in [-0.2, 0) is 13.5 Å². The van der Waals surface area contributed by atoms with Crippen molar-refractivity contribution < 1.29 is 9.90 Å². The average molecular weight is 260 g/mol. The lowest BCUT2D eigenvalue weighted by Crippen LogP contribution is -2.27. The van der Waals surface area contributed by atoms with Crippen LogP contribution in [0.3, 0.4) is 0 Å². The maximum absolute atomic E-state index is 12.0. The van der Waals surface area contributed by atoms with E-state index in [2.05, 4.69) is 15.5 Å². The Kier molecular flexibility index (Phi) is 3.79. The number of carbonyl (C=O) groups is 1. The van der Waals surface area contributed by atoms with Gasteiger partial charge in [-0.2, -0.15) is 0 Å². The summed E-state index contributed by atoms with van der Waals surface area (Å²) in [5, 5.41) is 19.8. The van der Waals surface area contributed by atoms with Gasteiger partial charge >= 0.3 is 0 Å². The van der Waals surface area contributed by atoms with Crippen molar-refractivity contribution in [2.75, 3.05) is 6.54 Å². The van der Waals surface area contributed by atoms with E-state index in [1.54, 1.807) is 25.4 Å². The number of phenolic OH excluding ortho intramolecular Hbond substituents is 1. The SMILES string of the molecule is Cc1cc(O)ccc1C(=O)NCCc1nncn1C. The molecule has 0 aliphatic rings. The highest BCUT2D eigenvalue weighted by molar-refractivity contribution is 5.95. The van der Waals surface area contributed by atoms with Crippen LogP contribution in [0.4, 0.5) is 0 Å². The molecule has 0 spiro atoms. The van der Waals surface area contributed by atoms with Gasteiger partial charge in [-0.15, -0.1) is 10.2 Å². The summed E-state index contributed by atoms with van der Waals surface area (Å²) in [6.07, 6.45) is 2.25. The zero-order valence-electron chi connectivity index (χ0n) is 10.9. The van der Waals surface area contributed by atoms with Crippen LogP contribution in [0.5, 0.6) is 5.75 Å². The van der Waals surface area contributed by atoms with Gasteiger partial charge < -0.3 is 15.0 Å². The molecule has 0 unspecified atom stereocenters. The Labute approximate surface area is 111 Å². The third-order valence-electron chi connectivity index (χ3n) is 2.89. The lowest BCUT2D eigenvalue weighted by molar-refractivity contribution is 0.0953. The summed E-state index contributed by atoms with van der Waals surface area (Å²) >= 11 is 0. The molecule has 0 radical (unpaired) electrons. The highest BCUT2D eigenvalue weighted by atomic mass is 16.3. The van der Waals surface area contributed by atoms with E-state index in [0.717, 1.165) is 11.4 Å². The van der Waals surface area contributed by atoms with Gasteiger partial charge in [0.15, 0.2) is 0 Å². The molecule has 0 bridgehead atoms. The standard InChI is InChI=1S/C13H16N4O2/c1-9-7-10(18)3-4-11(9)13(19)14-6-5-12-16-15-8-17(12)2/h3-4,7-8,18H,5-6H2,1-2H3,(H,14,19). The second-order valence-corrected chi connectivity index (χ2v) is 4.36. The molecule has 100 valence electrons. The van der Waals surface area contributed by atoms with E-state index in [1.807, 2.05) is 11.6 Å². The number of nitrogens with zero attached hydrogens (tertiary/aromatic N) is 3. The Morgan fingerprint density at radius 1 is 1.47 bits per heavy atom. The first-order valence-corrected chi connectivity index (χ1v) is 5.98. The lowest BCUT2D eigenvalue weighted by atomic mass is 10.1. The molecular weight excluding hydrogens is 244 g/mol. The molecule has 0 fully saturated rings. The Bertz CT molecular complexity index is 592. The van der Waals surface area contributed by atoms with Crippen molar-refractivity contribution >= 4 is 5.91 Å². The fraction of sp³-hybridized carbons (Fsp3) is 0.308.